The Hall–Kier alpha value is -2.93. The van der Waals surface area contributed by atoms with Crippen LogP contribution in [0.4, 0.5) is 10.6 Å². The van der Waals surface area contributed by atoms with Crippen molar-refractivity contribution in [3.8, 4) is 0 Å². The standard InChI is InChI=1S/C20H25N5O2/c1-16(19(26)23-20(27)22-15-17-7-3-2-4-8-17)24-11-13-25(14-12-24)18-9-5-6-10-21-18/h2-10,16H,11-15H2,1H3,(H2,22,23,26,27)/t16-/m0/s1. The van der Waals surface area contributed by atoms with Crippen LogP contribution >= 0.6 is 0 Å². The molecule has 1 aromatic heterocycles. The fourth-order valence-electron chi connectivity index (χ4n) is 3.08. The zero-order valence-electron chi connectivity index (χ0n) is 15.5. The van der Waals surface area contributed by atoms with Crippen LogP contribution in [0.2, 0.25) is 0 Å². The van der Waals surface area contributed by atoms with E-state index in [1.165, 1.54) is 0 Å². The number of hydrogen-bond donors (Lipinski definition) is 2. The van der Waals surface area contributed by atoms with Crippen LogP contribution in [0.15, 0.2) is 54.7 Å². The minimum Gasteiger partial charge on any atom is -0.354 e. The Morgan fingerprint density at radius 1 is 1.04 bits per heavy atom. The molecule has 2 heterocycles. The highest BCUT2D eigenvalue weighted by Crippen LogP contribution is 2.14. The molecule has 1 aliphatic heterocycles. The van der Waals surface area contributed by atoms with E-state index in [2.05, 4.69) is 25.4 Å². The number of carbonyl (C=O) groups is 2. The molecule has 3 amide bonds. The van der Waals surface area contributed by atoms with Gasteiger partial charge in [0.2, 0.25) is 5.91 Å². The van der Waals surface area contributed by atoms with Crippen molar-refractivity contribution in [2.24, 2.45) is 0 Å². The molecule has 0 aliphatic carbocycles. The van der Waals surface area contributed by atoms with Crippen LogP contribution in [0, 0.1) is 0 Å². The van der Waals surface area contributed by atoms with Gasteiger partial charge in [0.05, 0.1) is 6.04 Å². The average Bonchev–Trinajstić information content (AvgIpc) is 2.73. The summed E-state index contributed by atoms with van der Waals surface area (Å²) < 4.78 is 0. The van der Waals surface area contributed by atoms with Crippen LogP contribution in [0.25, 0.3) is 0 Å². The topological polar surface area (TPSA) is 77.6 Å². The minimum absolute atomic E-state index is 0.285. The maximum Gasteiger partial charge on any atom is 0.321 e. The van der Waals surface area contributed by atoms with Gasteiger partial charge in [-0.05, 0) is 24.6 Å². The van der Waals surface area contributed by atoms with Gasteiger partial charge in [0.25, 0.3) is 0 Å². The molecule has 1 aromatic carbocycles. The van der Waals surface area contributed by atoms with Gasteiger partial charge in [-0.15, -0.1) is 0 Å². The Morgan fingerprint density at radius 2 is 1.74 bits per heavy atom. The molecular formula is C20H25N5O2. The lowest BCUT2D eigenvalue weighted by molar-refractivity contribution is -0.124. The molecule has 0 saturated carbocycles. The number of imide groups is 1. The van der Waals surface area contributed by atoms with E-state index in [1.54, 1.807) is 6.20 Å². The number of rotatable bonds is 5. The number of anilines is 1. The first-order valence-corrected chi connectivity index (χ1v) is 9.16. The lowest BCUT2D eigenvalue weighted by Crippen LogP contribution is -2.55. The van der Waals surface area contributed by atoms with Crippen LogP contribution in [-0.4, -0.2) is 54.0 Å². The van der Waals surface area contributed by atoms with Gasteiger partial charge in [0.15, 0.2) is 0 Å². The summed E-state index contributed by atoms with van der Waals surface area (Å²) >= 11 is 0. The van der Waals surface area contributed by atoms with E-state index in [9.17, 15) is 9.59 Å². The number of carbonyl (C=O) groups excluding carboxylic acids is 2. The normalized spacial score (nSPS) is 15.8. The first-order chi connectivity index (χ1) is 13.1. The number of aromatic nitrogens is 1. The second kappa shape index (κ2) is 9.14. The fraction of sp³-hybridized carbons (Fsp3) is 0.350. The molecule has 3 rings (SSSR count). The predicted molar refractivity (Wildman–Crippen MR) is 104 cm³/mol. The molecule has 0 spiro atoms. The Morgan fingerprint density at radius 3 is 2.41 bits per heavy atom. The van der Waals surface area contributed by atoms with Crippen molar-refractivity contribution in [2.45, 2.75) is 19.5 Å². The highest BCUT2D eigenvalue weighted by Gasteiger charge is 2.26. The number of benzene rings is 1. The van der Waals surface area contributed by atoms with E-state index in [-0.39, 0.29) is 11.9 Å². The zero-order chi connectivity index (χ0) is 19.1. The lowest BCUT2D eigenvalue weighted by Gasteiger charge is -2.37. The summed E-state index contributed by atoms with van der Waals surface area (Å²) in [6.07, 6.45) is 1.78. The van der Waals surface area contributed by atoms with E-state index >= 15 is 0 Å². The molecule has 1 saturated heterocycles. The predicted octanol–water partition coefficient (Wildman–Crippen LogP) is 1.62. The summed E-state index contributed by atoms with van der Waals surface area (Å²) in [5.74, 6) is 0.668. The van der Waals surface area contributed by atoms with E-state index in [1.807, 2.05) is 55.5 Å². The van der Waals surface area contributed by atoms with Crippen LogP contribution in [0.3, 0.4) is 0 Å². The Balaban J connectivity index is 1.43. The Bertz CT molecular complexity index is 745. The molecule has 0 unspecified atom stereocenters. The fourth-order valence-corrected chi connectivity index (χ4v) is 3.08. The minimum atomic E-state index is -0.470. The molecule has 0 bridgehead atoms. The summed E-state index contributed by atoms with van der Waals surface area (Å²) in [6, 6.07) is 14.6. The van der Waals surface area contributed by atoms with Crippen molar-refractivity contribution >= 4 is 17.8 Å². The molecule has 2 aromatic rings. The van der Waals surface area contributed by atoms with Crippen LogP contribution < -0.4 is 15.5 Å². The third kappa shape index (κ3) is 5.27. The summed E-state index contributed by atoms with van der Waals surface area (Å²) in [6.45, 7) is 5.31. The first kappa shape index (κ1) is 18.8. The molecule has 0 radical (unpaired) electrons. The summed E-state index contributed by atoms with van der Waals surface area (Å²) in [4.78, 5) is 33.0. The summed E-state index contributed by atoms with van der Waals surface area (Å²) in [5, 5.41) is 5.14. The summed E-state index contributed by atoms with van der Waals surface area (Å²) in [5.41, 5.74) is 0.985. The number of urea groups is 1. The van der Waals surface area contributed by atoms with E-state index < -0.39 is 6.03 Å². The van der Waals surface area contributed by atoms with Crippen LogP contribution in [0.5, 0.6) is 0 Å². The highest BCUT2D eigenvalue weighted by atomic mass is 16.2. The van der Waals surface area contributed by atoms with Crippen molar-refractivity contribution in [3.63, 3.8) is 0 Å². The van der Waals surface area contributed by atoms with Crippen molar-refractivity contribution in [3.05, 3.63) is 60.3 Å². The Kier molecular flexibility index (Phi) is 6.38. The highest BCUT2D eigenvalue weighted by molar-refractivity contribution is 5.96. The van der Waals surface area contributed by atoms with Crippen molar-refractivity contribution in [1.82, 2.24) is 20.5 Å². The largest absolute Gasteiger partial charge is 0.354 e. The number of nitrogens with one attached hydrogen (secondary N) is 2. The van der Waals surface area contributed by atoms with Gasteiger partial charge < -0.3 is 10.2 Å². The average molecular weight is 367 g/mol. The number of pyridine rings is 1. The second-order valence-electron chi connectivity index (χ2n) is 6.54. The number of amides is 3. The quantitative estimate of drug-likeness (QED) is 0.840. The zero-order valence-corrected chi connectivity index (χ0v) is 15.5. The molecular weight excluding hydrogens is 342 g/mol. The van der Waals surface area contributed by atoms with Gasteiger partial charge in [-0.1, -0.05) is 36.4 Å². The first-order valence-electron chi connectivity index (χ1n) is 9.16. The molecule has 1 aliphatic rings. The number of piperazine rings is 1. The van der Waals surface area contributed by atoms with Gasteiger partial charge in [-0.25, -0.2) is 9.78 Å². The molecule has 7 heteroatoms. The Labute approximate surface area is 159 Å². The van der Waals surface area contributed by atoms with Crippen LogP contribution in [-0.2, 0) is 11.3 Å². The third-order valence-corrected chi connectivity index (χ3v) is 4.75. The molecule has 1 fully saturated rings. The molecule has 2 N–H and O–H groups in total. The summed E-state index contributed by atoms with van der Waals surface area (Å²) in [7, 11) is 0. The molecule has 27 heavy (non-hydrogen) atoms. The van der Waals surface area contributed by atoms with E-state index in [4.69, 9.17) is 0 Å². The maximum atomic E-state index is 12.4. The van der Waals surface area contributed by atoms with Crippen LogP contribution in [0.1, 0.15) is 12.5 Å². The molecule has 1 atom stereocenters. The van der Waals surface area contributed by atoms with Gasteiger partial charge in [-0.2, -0.15) is 0 Å². The van der Waals surface area contributed by atoms with Gasteiger partial charge in [0, 0.05) is 38.9 Å². The molecule has 142 valence electrons. The third-order valence-electron chi connectivity index (χ3n) is 4.75. The molecule has 7 nitrogen and oxygen atoms in total. The van der Waals surface area contributed by atoms with Gasteiger partial charge >= 0.3 is 6.03 Å². The SMILES string of the molecule is C[C@@H](C(=O)NC(=O)NCc1ccccc1)N1CCN(c2ccccn2)CC1. The maximum absolute atomic E-state index is 12.4. The van der Waals surface area contributed by atoms with Crippen molar-refractivity contribution in [1.29, 1.82) is 0 Å². The van der Waals surface area contributed by atoms with E-state index in [0.717, 1.165) is 37.6 Å². The van der Waals surface area contributed by atoms with Crippen molar-refractivity contribution in [2.75, 3.05) is 31.1 Å². The lowest BCUT2D eigenvalue weighted by atomic mass is 10.2. The number of hydrogen-bond acceptors (Lipinski definition) is 5. The monoisotopic (exact) mass is 367 g/mol. The second-order valence-corrected chi connectivity index (χ2v) is 6.54. The number of nitrogens with zero attached hydrogens (tertiary/aromatic N) is 3. The van der Waals surface area contributed by atoms with Crippen molar-refractivity contribution < 1.29 is 9.59 Å². The van der Waals surface area contributed by atoms with Gasteiger partial charge in [-0.3, -0.25) is 15.0 Å². The van der Waals surface area contributed by atoms with E-state index in [0.29, 0.717) is 6.54 Å². The van der Waals surface area contributed by atoms with Gasteiger partial charge in [0.1, 0.15) is 5.82 Å². The smallest absolute Gasteiger partial charge is 0.321 e.